The van der Waals surface area contributed by atoms with Crippen LogP contribution in [-0.4, -0.2) is 24.5 Å². The van der Waals surface area contributed by atoms with Gasteiger partial charge in [-0.1, -0.05) is 11.6 Å². The molecule has 1 heterocycles. The summed E-state index contributed by atoms with van der Waals surface area (Å²) in [5.74, 6) is -1.85. The van der Waals surface area contributed by atoms with Crippen LogP contribution in [0.1, 0.15) is 15.9 Å². The highest BCUT2D eigenvalue weighted by Gasteiger charge is 2.24. The molecule has 0 aliphatic rings. The minimum atomic E-state index is -4.24. The molecular formula is C13H11ClFN3O4S. The molecule has 0 bridgehead atoms. The summed E-state index contributed by atoms with van der Waals surface area (Å²) in [6.07, 6.45) is 0.829. The summed E-state index contributed by atoms with van der Waals surface area (Å²) in [6.45, 7) is 1.58. The molecule has 0 aliphatic heterocycles. The first-order valence-corrected chi connectivity index (χ1v) is 8.01. The number of sulfonamides is 1. The Morgan fingerprint density at radius 2 is 2.09 bits per heavy atom. The van der Waals surface area contributed by atoms with E-state index in [1.54, 1.807) is 6.92 Å². The SMILES string of the molecule is Cc1cc(F)ccc1Nc1c(C(=O)O)cnc(S(N)(=O)=O)c1Cl. The number of aromatic nitrogens is 1. The smallest absolute Gasteiger partial charge is 0.339 e. The Labute approximate surface area is 136 Å². The van der Waals surface area contributed by atoms with E-state index < -0.39 is 31.9 Å². The zero-order valence-electron chi connectivity index (χ0n) is 11.7. The fourth-order valence-corrected chi connectivity index (χ4v) is 2.93. The maximum atomic E-state index is 13.1. The van der Waals surface area contributed by atoms with Crippen LogP contribution in [0.2, 0.25) is 5.02 Å². The highest BCUT2D eigenvalue weighted by Crippen LogP contribution is 2.34. The van der Waals surface area contributed by atoms with E-state index in [1.807, 2.05) is 0 Å². The lowest BCUT2D eigenvalue weighted by Gasteiger charge is -2.15. The molecule has 0 atom stereocenters. The van der Waals surface area contributed by atoms with Crippen LogP contribution in [-0.2, 0) is 10.0 Å². The van der Waals surface area contributed by atoms with E-state index in [0.717, 1.165) is 12.3 Å². The number of nitrogens with two attached hydrogens (primary N) is 1. The molecule has 0 spiro atoms. The highest BCUT2D eigenvalue weighted by molar-refractivity contribution is 7.89. The van der Waals surface area contributed by atoms with E-state index in [-0.39, 0.29) is 11.3 Å². The van der Waals surface area contributed by atoms with Crippen molar-refractivity contribution in [1.29, 1.82) is 0 Å². The lowest BCUT2D eigenvalue weighted by molar-refractivity contribution is 0.0697. The summed E-state index contributed by atoms with van der Waals surface area (Å²) in [6, 6.07) is 3.74. The van der Waals surface area contributed by atoms with Crippen molar-refractivity contribution in [3.05, 3.63) is 46.4 Å². The Hall–Kier alpha value is -2.23. The van der Waals surface area contributed by atoms with E-state index in [9.17, 15) is 22.7 Å². The molecule has 0 saturated heterocycles. The number of carboxylic acid groups (broad SMARTS) is 1. The van der Waals surface area contributed by atoms with Crippen molar-refractivity contribution in [3.8, 4) is 0 Å². The standard InChI is InChI=1S/C13H11ClFN3O4S/c1-6-4-7(15)2-3-9(6)18-11-8(13(19)20)5-17-12(10(11)14)23(16,21)22/h2-5H,1H3,(H,17,18)(H,19,20)(H2,16,21,22). The molecule has 2 aromatic rings. The molecule has 0 fully saturated rings. The van der Waals surface area contributed by atoms with E-state index >= 15 is 0 Å². The minimum absolute atomic E-state index is 0.201. The maximum absolute atomic E-state index is 13.1. The van der Waals surface area contributed by atoms with Crippen LogP contribution < -0.4 is 10.5 Å². The normalized spacial score (nSPS) is 11.3. The van der Waals surface area contributed by atoms with Crippen molar-refractivity contribution in [1.82, 2.24) is 4.98 Å². The quantitative estimate of drug-likeness (QED) is 0.769. The fraction of sp³-hybridized carbons (Fsp3) is 0.0769. The van der Waals surface area contributed by atoms with Crippen LogP contribution in [0.3, 0.4) is 0 Å². The molecule has 7 nitrogen and oxygen atoms in total. The van der Waals surface area contributed by atoms with Gasteiger partial charge in [-0.2, -0.15) is 0 Å². The topological polar surface area (TPSA) is 122 Å². The van der Waals surface area contributed by atoms with Gasteiger partial charge in [0.1, 0.15) is 16.4 Å². The third-order valence-corrected chi connectivity index (χ3v) is 4.26. The number of carboxylic acids is 1. The highest BCUT2D eigenvalue weighted by atomic mass is 35.5. The number of hydrogen-bond donors (Lipinski definition) is 3. The van der Waals surface area contributed by atoms with Gasteiger partial charge in [-0.15, -0.1) is 0 Å². The predicted molar refractivity (Wildman–Crippen MR) is 82.0 cm³/mol. The Morgan fingerprint density at radius 3 is 2.61 bits per heavy atom. The Balaban J connectivity index is 2.65. The second-order valence-corrected chi connectivity index (χ2v) is 6.46. The largest absolute Gasteiger partial charge is 0.478 e. The van der Waals surface area contributed by atoms with Crippen LogP contribution in [0.25, 0.3) is 0 Å². The average Bonchev–Trinajstić information content (AvgIpc) is 2.41. The Bertz CT molecular complexity index is 902. The first-order chi connectivity index (χ1) is 10.6. The van der Waals surface area contributed by atoms with Crippen molar-refractivity contribution in [2.24, 2.45) is 5.14 Å². The summed E-state index contributed by atoms with van der Waals surface area (Å²) < 4.78 is 36.1. The van der Waals surface area contributed by atoms with Crippen molar-refractivity contribution < 1.29 is 22.7 Å². The molecular weight excluding hydrogens is 349 g/mol. The van der Waals surface area contributed by atoms with Crippen LogP contribution in [0.4, 0.5) is 15.8 Å². The van der Waals surface area contributed by atoms with E-state index in [1.165, 1.54) is 12.1 Å². The summed E-state index contributed by atoms with van der Waals surface area (Å²) in [7, 11) is -4.24. The van der Waals surface area contributed by atoms with Crippen LogP contribution in [0.15, 0.2) is 29.4 Å². The zero-order chi connectivity index (χ0) is 17.4. The number of carbonyl (C=O) groups is 1. The predicted octanol–water partition coefficient (Wildman–Crippen LogP) is 2.27. The molecule has 0 aliphatic carbocycles. The van der Waals surface area contributed by atoms with Gasteiger partial charge in [0.15, 0.2) is 5.03 Å². The summed E-state index contributed by atoms with van der Waals surface area (Å²) in [4.78, 5) is 14.8. The van der Waals surface area contributed by atoms with Gasteiger partial charge in [0.25, 0.3) is 10.0 Å². The fourth-order valence-electron chi connectivity index (χ4n) is 1.85. The number of nitrogens with one attached hydrogen (secondary N) is 1. The summed E-state index contributed by atoms with van der Waals surface area (Å²) >= 11 is 5.95. The number of halogens is 2. The number of aromatic carboxylic acids is 1. The first-order valence-electron chi connectivity index (χ1n) is 6.09. The van der Waals surface area contributed by atoms with Gasteiger partial charge >= 0.3 is 5.97 Å². The van der Waals surface area contributed by atoms with Crippen LogP contribution in [0.5, 0.6) is 0 Å². The number of nitrogens with zero attached hydrogens (tertiary/aromatic N) is 1. The van der Waals surface area contributed by atoms with E-state index in [2.05, 4.69) is 10.3 Å². The Kier molecular flexibility index (Phi) is 4.55. The third kappa shape index (κ3) is 3.58. The second kappa shape index (κ2) is 6.11. The molecule has 0 unspecified atom stereocenters. The first kappa shape index (κ1) is 17.1. The molecule has 1 aromatic carbocycles. The van der Waals surface area contributed by atoms with Crippen molar-refractivity contribution in [3.63, 3.8) is 0 Å². The van der Waals surface area contributed by atoms with Gasteiger partial charge < -0.3 is 10.4 Å². The lowest BCUT2D eigenvalue weighted by atomic mass is 10.1. The van der Waals surface area contributed by atoms with Crippen LogP contribution >= 0.6 is 11.6 Å². The number of pyridine rings is 1. The van der Waals surface area contributed by atoms with Gasteiger partial charge in [-0.25, -0.2) is 27.7 Å². The maximum Gasteiger partial charge on any atom is 0.339 e. The number of aryl methyl sites for hydroxylation is 1. The van der Waals surface area contributed by atoms with Gasteiger partial charge in [0.2, 0.25) is 0 Å². The molecule has 122 valence electrons. The third-order valence-electron chi connectivity index (χ3n) is 2.94. The summed E-state index contributed by atoms with van der Waals surface area (Å²) in [5, 5.41) is 15.8. The molecule has 0 amide bonds. The average molecular weight is 360 g/mol. The van der Waals surface area contributed by atoms with Gasteiger partial charge in [0.05, 0.1) is 5.69 Å². The van der Waals surface area contributed by atoms with Gasteiger partial charge in [-0.3, -0.25) is 0 Å². The van der Waals surface area contributed by atoms with Crippen molar-refractivity contribution >= 4 is 39.0 Å². The number of hydrogen-bond acceptors (Lipinski definition) is 5. The Morgan fingerprint density at radius 1 is 1.43 bits per heavy atom. The number of primary sulfonamides is 1. The van der Waals surface area contributed by atoms with Crippen LogP contribution in [0, 0.1) is 12.7 Å². The molecule has 2 rings (SSSR count). The molecule has 0 radical (unpaired) electrons. The molecule has 0 saturated carbocycles. The molecule has 10 heteroatoms. The van der Waals surface area contributed by atoms with Crippen molar-refractivity contribution in [2.75, 3.05) is 5.32 Å². The van der Waals surface area contributed by atoms with E-state index in [4.69, 9.17) is 16.7 Å². The minimum Gasteiger partial charge on any atom is -0.478 e. The number of anilines is 2. The number of rotatable bonds is 4. The molecule has 1 aromatic heterocycles. The van der Waals surface area contributed by atoms with E-state index in [0.29, 0.717) is 11.3 Å². The van der Waals surface area contributed by atoms with Gasteiger partial charge in [-0.05, 0) is 30.7 Å². The summed E-state index contributed by atoms with van der Waals surface area (Å²) in [5.41, 5.74) is 0.257. The zero-order valence-corrected chi connectivity index (χ0v) is 13.2. The second-order valence-electron chi connectivity index (χ2n) is 4.60. The molecule has 4 N–H and O–H groups in total. The molecule has 23 heavy (non-hydrogen) atoms. The van der Waals surface area contributed by atoms with Gasteiger partial charge in [0, 0.05) is 11.9 Å². The lowest BCUT2D eigenvalue weighted by Crippen LogP contribution is -2.17. The number of benzene rings is 1. The van der Waals surface area contributed by atoms with Crippen molar-refractivity contribution in [2.45, 2.75) is 11.9 Å². The monoisotopic (exact) mass is 359 g/mol.